The van der Waals surface area contributed by atoms with E-state index in [-0.39, 0.29) is 5.91 Å². The molecule has 1 amide bonds. The maximum Gasteiger partial charge on any atom is 0.227 e. The second-order valence-corrected chi connectivity index (χ2v) is 7.27. The zero-order valence-corrected chi connectivity index (χ0v) is 17.3. The van der Waals surface area contributed by atoms with Gasteiger partial charge in [0.2, 0.25) is 5.91 Å². The Morgan fingerprint density at radius 1 is 1.13 bits per heavy atom. The van der Waals surface area contributed by atoms with E-state index in [1.54, 1.807) is 20.4 Å². The average molecular weight is 407 g/mol. The number of amides is 1. The molecule has 4 rings (SSSR count). The molecule has 3 heterocycles. The van der Waals surface area contributed by atoms with E-state index in [2.05, 4.69) is 9.97 Å². The van der Waals surface area contributed by atoms with Gasteiger partial charge >= 0.3 is 0 Å². The molecule has 0 aliphatic carbocycles. The van der Waals surface area contributed by atoms with Crippen molar-refractivity contribution < 1.29 is 18.7 Å². The standard InChI is InChI=1S/C23H25N3O4/c1-28-20-7-5-17(12-21(20)29-2)13-23(27)26-11-9-19-18(15-26)25-22(30-19)8-6-16-4-3-10-24-14-16/h3-5,7,10,12,14H,6,8-9,11,13,15H2,1-2H3. The molecular formula is C23H25N3O4. The maximum atomic E-state index is 12.8. The number of carbonyl (C=O) groups excluding carboxylic acids is 1. The van der Waals surface area contributed by atoms with Gasteiger partial charge in [0.05, 0.1) is 27.2 Å². The summed E-state index contributed by atoms with van der Waals surface area (Å²) < 4.78 is 16.5. The third-order valence-electron chi connectivity index (χ3n) is 5.28. The van der Waals surface area contributed by atoms with Crippen molar-refractivity contribution >= 4 is 5.91 Å². The Morgan fingerprint density at radius 3 is 2.77 bits per heavy atom. The Balaban J connectivity index is 1.38. The van der Waals surface area contributed by atoms with Crippen molar-refractivity contribution in [2.45, 2.75) is 32.2 Å². The Labute approximate surface area is 175 Å². The average Bonchev–Trinajstić information content (AvgIpc) is 3.20. The fourth-order valence-corrected chi connectivity index (χ4v) is 3.65. The predicted octanol–water partition coefficient (Wildman–Crippen LogP) is 3.00. The zero-order chi connectivity index (χ0) is 20.9. The first-order chi connectivity index (χ1) is 14.7. The van der Waals surface area contributed by atoms with Gasteiger partial charge < -0.3 is 18.8 Å². The van der Waals surface area contributed by atoms with E-state index in [9.17, 15) is 4.79 Å². The molecule has 0 radical (unpaired) electrons. The molecule has 0 bridgehead atoms. The van der Waals surface area contributed by atoms with E-state index < -0.39 is 0 Å². The Hall–Kier alpha value is -3.35. The number of oxazole rings is 1. The monoisotopic (exact) mass is 407 g/mol. The van der Waals surface area contributed by atoms with Gasteiger partial charge in [0.1, 0.15) is 11.5 Å². The second kappa shape index (κ2) is 8.98. The van der Waals surface area contributed by atoms with Gasteiger partial charge in [0.25, 0.3) is 0 Å². The van der Waals surface area contributed by atoms with E-state index in [0.29, 0.717) is 37.4 Å². The highest BCUT2D eigenvalue weighted by atomic mass is 16.5. The molecule has 0 saturated heterocycles. The number of benzene rings is 1. The van der Waals surface area contributed by atoms with E-state index >= 15 is 0 Å². The van der Waals surface area contributed by atoms with Crippen molar-refractivity contribution in [1.82, 2.24) is 14.9 Å². The van der Waals surface area contributed by atoms with Crippen molar-refractivity contribution in [1.29, 1.82) is 0 Å². The number of aryl methyl sites for hydroxylation is 2. The van der Waals surface area contributed by atoms with Gasteiger partial charge in [-0.2, -0.15) is 0 Å². The third-order valence-corrected chi connectivity index (χ3v) is 5.28. The van der Waals surface area contributed by atoms with Gasteiger partial charge in [-0.3, -0.25) is 9.78 Å². The predicted molar refractivity (Wildman–Crippen MR) is 111 cm³/mol. The molecule has 0 saturated carbocycles. The summed E-state index contributed by atoms with van der Waals surface area (Å²) >= 11 is 0. The summed E-state index contributed by atoms with van der Waals surface area (Å²) in [5, 5.41) is 0. The quantitative estimate of drug-likeness (QED) is 0.599. The zero-order valence-electron chi connectivity index (χ0n) is 17.3. The van der Waals surface area contributed by atoms with E-state index in [1.165, 1.54) is 0 Å². The largest absolute Gasteiger partial charge is 0.493 e. The van der Waals surface area contributed by atoms with Crippen LogP contribution in [0, 0.1) is 0 Å². The first-order valence-corrected chi connectivity index (χ1v) is 10.0. The summed E-state index contributed by atoms with van der Waals surface area (Å²) in [7, 11) is 3.18. The number of rotatable bonds is 7. The molecule has 1 aromatic carbocycles. The van der Waals surface area contributed by atoms with Crippen molar-refractivity contribution in [2.75, 3.05) is 20.8 Å². The van der Waals surface area contributed by atoms with Gasteiger partial charge in [0, 0.05) is 31.8 Å². The number of carbonyl (C=O) groups is 1. The molecule has 0 N–H and O–H groups in total. The molecule has 156 valence electrons. The van der Waals surface area contributed by atoms with Crippen LogP contribution in [0.15, 0.2) is 47.1 Å². The van der Waals surface area contributed by atoms with Crippen LogP contribution in [0.1, 0.15) is 28.5 Å². The SMILES string of the molecule is COc1ccc(CC(=O)N2CCc3oc(CCc4cccnc4)nc3C2)cc1OC. The summed E-state index contributed by atoms with van der Waals surface area (Å²) in [4.78, 5) is 23.5. The molecule has 0 unspecified atom stereocenters. The first kappa shape index (κ1) is 19.9. The maximum absolute atomic E-state index is 12.8. The summed E-state index contributed by atoms with van der Waals surface area (Å²) in [6, 6.07) is 9.53. The van der Waals surface area contributed by atoms with E-state index in [4.69, 9.17) is 13.9 Å². The minimum atomic E-state index is 0.0628. The van der Waals surface area contributed by atoms with Crippen LogP contribution in [-0.2, 0) is 37.0 Å². The smallest absolute Gasteiger partial charge is 0.227 e. The lowest BCUT2D eigenvalue weighted by Gasteiger charge is -2.25. The van der Waals surface area contributed by atoms with Crippen LogP contribution in [0.4, 0.5) is 0 Å². The van der Waals surface area contributed by atoms with Crippen molar-refractivity contribution in [2.24, 2.45) is 0 Å². The summed E-state index contributed by atoms with van der Waals surface area (Å²) in [6.45, 7) is 1.12. The van der Waals surface area contributed by atoms with Crippen LogP contribution in [0.25, 0.3) is 0 Å². The van der Waals surface area contributed by atoms with Crippen LogP contribution < -0.4 is 9.47 Å². The Bertz CT molecular complexity index is 1020. The number of fused-ring (bicyclic) bond motifs is 1. The summed E-state index contributed by atoms with van der Waals surface area (Å²) in [5.74, 6) is 2.95. The molecular weight excluding hydrogens is 382 g/mol. The van der Waals surface area contributed by atoms with E-state index in [1.807, 2.05) is 41.4 Å². The molecule has 7 heteroatoms. The van der Waals surface area contributed by atoms with E-state index in [0.717, 1.165) is 41.3 Å². The minimum absolute atomic E-state index is 0.0628. The highest BCUT2D eigenvalue weighted by Crippen LogP contribution is 2.28. The molecule has 30 heavy (non-hydrogen) atoms. The Morgan fingerprint density at radius 2 is 2.00 bits per heavy atom. The lowest BCUT2D eigenvalue weighted by atomic mass is 10.1. The van der Waals surface area contributed by atoms with Crippen LogP contribution in [-0.4, -0.2) is 41.5 Å². The van der Waals surface area contributed by atoms with Gasteiger partial charge in [-0.1, -0.05) is 12.1 Å². The third kappa shape index (κ3) is 4.45. The fraction of sp³-hybridized carbons (Fsp3) is 0.348. The summed E-state index contributed by atoms with van der Waals surface area (Å²) in [6.07, 6.45) is 6.17. The number of aromatic nitrogens is 2. The molecule has 0 atom stereocenters. The number of nitrogens with zero attached hydrogens (tertiary/aromatic N) is 3. The van der Waals surface area contributed by atoms with Crippen LogP contribution >= 0.6 is 0 Å². The number of pyridine rings is 1. The highest BCUT2D eigenvalue weighted by Gasteiger charge is 2.25. The second-order valence-electron chi connectivity index (χ2n) is 7.27. The van der Waals surface area contributed by atoms with Crippen molar-refractivity contribution in [3.8, 4) is 11.5 Å². The molecule has 2 aromatic heterocycles. The number of ether oxygens (including phenoxy) is 2. The van der Waals surface area contributed by atoms with Gasteiger partial charge in [-0.15, -0.1) is 0 Å². The van der Waals surface area contributed by atoms with Crippen molar-refractivity contribution in [3.05, 3.63) is 71.2 Å². The topological polar surface area (TPSA) is 77.7 Å². The van der Waals surface area contributed by atoms with Gasteiger partial charge in [-0.25, -0.2) is 4.98 Å². The van der Waals surface area contributed by atoms with Gasteiger partial charge in [-0.05, 0) is 35.7 Å². The number of hydrogen-bond donors (Lipinski definition) is 0. The highest BCUT2D eigenvalue weighted by molar-refractivity contribution is 5.79. The van der Waals surface area contributed by atoms with Crippen LogP contribution in [0.2, 0.25) is 0 Å². The van der Waals surface area contributed by atoms with Crippen LogP contribution in [0.5, 0.6) is 11.5 Å². The number of hydrogen-bond acceptors (Lipinski definition) is 6. The molecule has 7 nitrogen and oxygen atoms in total. The minimum Gasteiger partial charge on any atom is -0.493 e. The van der Waals surface area contributed by atoms with Gasteiger partial charge in [0.15, 0.2) is 17.4 Å². The lowest BCUT2D eigenvalue weighted by Crippen LogP contribution is -2.36. The molecule has 3 aromatic rings. The normalized spacial score (nSPS) is 13.1. The molecule has 1 aliphatic rings. The Kier molecular flexibility index (Phi) is 5.97. The fourth-order valence-electron chi connectivity index (χ4n) is 3.65. The molecule has 0 spiro atoms. The van der Waals surface area contributed by atoms with Crippen molar-refractivity contribution in [3.63, 3.8) is 0 Å². The number of methoxy groups -OCH3 is 2. The summed E-state index contributed by atoms with van der Waals surface area (Å²) in [5.41, 5.74) is 2.91. The van der Waals surface area contributed by atoms with Crippen LogP contribution in [0.3, 0.4) is 0 Å². The molecule has 0 fully saturated rings. The lowest BCUT2D eigenvalue weighted by molar-refractivity contribution is -0.131. The first-order valence-electron chi connectivity index (χ1n) is 10.0. The molecule has 1 aliphatic heterocycles.